The van der Waals surface area contributed by atoms with Gasteiger partial charge in [-0.1, -0.05) is 52.5 Å². The molecule has 4 aliphatic heterocycles. The van der Waals surface area contributed by atoms with E-state index >= 15 is 0 Å². The van der Waals surface area contributed by atoms with E-state index in [4.69, 9.17) is 50.8 Å². The smallest absolute Gasteiger partial charge is 0.424 e. The SMILES string of the molecule is CCN1CCCc2cc3c4oc5cc6c(cc5c(-c5c(Cl)c(Cl)c(Cl)c(Cl)c5C(=O)O)c-4c(=O)[n+](C)c3cc21)C(C)=CC(C)(C)N6CC. The number of aryl methyl sites for hydroxylation is 2. The van der Waals surface area contributed by atoms with Crippen molar-refractivity contribution in [1.82, 2.24) is 0 Å². The third-order valence-electron chi connectivity index (χ3n) is 10.0. The Morgan fingerprint density at radius 3 is 2.31 bits per heavy atom. The zero-order chi connectivity index (χ0) is 34.6. The number of anilines is 2. The first-order chi connectivity index (χ1) is 22.7. The first-order valence-corrected chi connectivity index (χ1v) is 17.5. The number of carboxylic acid groups (broad SMARTS) is 1. The molecule has 0 amide bonds. The van der Waals surface area contributed by atoms with Gasteiger partial charge in [-0.15, -0.1) is 0 Å². The third kappa shape index (κ3) is 4.65. The van der Waals surface area contributed by atoms with E-state index < -0.39 is 5.97 Å². The van der Waals surface area contributed by atoms with E-state index in [-0.39, 0.29) is 53.4 Å². The molecule has 0 fully saturated rings. The Labute approximate surface area is 298 Å². The molecular weight excluding hydrogens is 692 g/mol. The first-order valence-electron chi connectivity index (χ1n) is 16.0. The summed E-state index contributed by atoms with van der Waals surface area (Å²) in [7, 11) is 1.71. The van der Waals surface area contributed by atoms with Crippen molar-refractivity contribution in [3.05, 3.63) is 77.5 Å². The maximum Gasteiger partial charge on any atom is 0.424 e. The summed E-state index contributed by atoms with van der Waals surface area (Å²) in [6, 6.07) is 8.08. The summed E-state index contributed by atoms with van der Waals surface area (Å²) < 4.78 is 8.42. The zero-order valence-corrected chi connectivity index (χ0v) is 30.5. The minimum Gasteiger partial charge on any atom is -0.478 e. The molecule has 4 heterocycles. The van der Waals surface area contributed by atoms with Crippen LogP contribution in [0.25, 0.3) is 49.9 Å². The number of hydrogen-bond donors (Lipinski definition) is 1. The number of rotatable bonds is 4. The minimum atomic E-state index is -1.36. The van der Waals surface area contributed by atoms with Gasteiger partial charge in [0.05, 0.1) is 36.6 Å². The number of likely N-dealkylation sites (N-methyl/N-ethyl adjacent to an activating group) is 1. The third-order valence-corrected chi connectivity index (χ3v) is 11.8. The summed E-state index contributed by atoms with van der Waals surface area (Å²) in [5, 5.41) is 11.1. The van der Waals surface area contributed by atoms with Crippen molar-refractivity contribution in [2.75, 3.05) is 29.4 Å². The highest BCUT2D eigenvalue weighted by molar-refractivity contribution is 6.54. The molecule has 0 spiro atoms. The Bertz CT molecular complexity index is 2310. The van der Waals surface area contributed by atoms with E-state index in [2.05, 4.69) is 55.7 Å². The van der Waals surface area contributed by atoms with Gasteiger partial charge in [-0.25, -0.2) is 9.59 Å². The van der Waals surface area contributed by atoms with E-state index in [1.54, 1.807) is 11.6 Å². The molecule has 0 aliphatic carbocycles. The van der Waals surface area contributed by atoms with E-state index in [0.717, 1.165) is 65.9 Å². The summed E-state index contributed by atoms with van der Waals surface area (Å²) in [5.74, 6) is -1.04. The zero-order valence-electron chi connectivity index (χ0n) is 27.4. The Kier molecular flexibility index (Phi) is 7.95. The highest BCUT2D eigenvalue weighted by Crippen LogP contribution is 2.52. The van der Waals surface area contributed by atoms with Gasteiger partial charge in [0.2, 0.25) is 5.52 Å². The molecule has 0 aromatic heterocycles. The van der Waals surface area contributed by atoms with Crippen molar-refractivity contribution >= 4 is 91.2 Å². The highest BCUT2D eigenvalue weighted by Gasteiger charge is 2.37. The molecule has 248 valence electrons. The number of carbonyl (C=O) groups is 1. The van der Waals surface area contributed by atoms with Crippen LogP contribution < -0.4 is 19.9 Å². The molecule has 48 heavy (non-hydrogen) atoms. The predicted octanol–water partition coefficient (Wildman–Crippen LogP) is 9.65. The van der Waals surface area contributed by atoms with E-state index in [9.17, 15) is 14.7 Å². The fourth-order valence-corrected chi connectivity index (χ4v) is 8.88. The topological polar surface area (TPSA) is 77.9 Å². The van der Waals surface area contributed by atoms with Crippen LogP contribution >= 0.6 is 46.4 Å². The largest absolute Gasteiger partial charge is 0.478 e. The minimum absolute atomic E-state index is 0.00556. The van der Waals surface area contributed by atoms with Crippen molar-refractivity contribution in [1.29, 1.82) is 0 Å². The van der Waals surface area contributed by atoms with Gasteiger partial charge < -0.3 is 19.3 Å². The number of hydrogen-bond acceptors (Lipinski definition) is 5. The molecule has 3 aromatic rings. The molecule has 1 N–H and O–H groups in total. The number of carboxylic acids is 1. The van der Waals surface area contributed by atoms with Crippen LogP contribution in [0.2, 0.25) is 20.1 Å². The van der Waals surface area contributed by atoms with Crippen LogP contribution in [0.3, 0.4) is 0 Å². The number of aromatic nitrogens is 1. The van der Waals surface area contributed by atoms with Crippen LogP contribution in [0.5, 0.6) is 0 Å². The van der Waals surface area contributed by atoms with Crippen LogP contribution in [0, 0.1) is 0 Å². The second-order valence-corrected chi connectivity index (χ2v) is 14.6. The summed E-state index contributed by atoms with van der Waals surface area (Å²) in [5.41, 5.74) is 5.76. The van der Waals surface area contributed by atoms with E-state index in [1.165, 1.54) is 0 Å². The van der Waals surface area contributed by atoms with Gasteiger partial charge in [-0.2, -0.15) is 4.57 Å². The maximum absolute atomic E-state index is 14.7. The predicted molar refractivity (Wildman–Crippen MR) is 197 cm³/mol. The van der Waals surface area contributed by atoms with Crippen LogP contribution in [-0.4, -0.2) is 36.2 Å². The molecule has 11 heteroatoms. The summed E-state index contributed by atoms with van der Waals surface area (Å²) in [6.45, 7) is 13.1. The average molecular weight is 727 g/mol. The molecule has 0 radical (unpaired) electrons. The lowest BCUT2D eigenvalue weighted by Gasteiger charge is -2.43. The second-order valence-electron chi connectivity index (χ2n) is 13.1. The van der Waals surface area contributed by atoms with E-state index in [0.29, 0.717) is 22.2 Å². The van der Waals surface area contributed by atoms with Gasteiger partial charge in [-0.3, -0.25) is 0 Å². The van der Waals surface area contributed by atoms with Gasteiger partial charge in [0.25, 0.3) is 0 Å². The molecule has 7 nitrogen and oxygen atoms in total. The molecule has 0 atom stereocenters. The highest BCUT2D eigenvalue weighted by atomic mass is 35.5. The lowest BCUT2D eigenvalue weighted by atomic mass is 9.85. The fraction of sp³-hybridized carbons (Fsp3) is 0.324. The molecule has 0 saturated heterocycles. The van der Waals surface area contributed by atoms with Crippen LogP contribution in [-0.2, 0) is 13.5 Å². The average Bonchev–Trinajstić information content (AvgIpc) is 3.05. The van der Waals surface area contributed by atoms with Crippen molar-refractivity contribution in [3.63, 3.8) is 0 Å². The summed E-state index contributed by atoms with van der Waals surface area (Å²) >= 11 is 26.6. The lowest BCUT2D eigenvalue weighted by molar-refractivity contribution is -0.658. The normalized spacial score (nSPS) is 15.7. The number of allylic oxidation sites excluding steroid dienone is 1. The Morgan fingerprint density at radius 1 is 0.938 bits per heavy atom. The molecule has 0 saturated carbocycles. The van der Waals surface area contributed by atoms with E-state index in [1.807, 2.05) is 19.1 Å². The fourth-order valence-electron chi connectivity index (χ4n) is 7.85. The number of nitrogens with zero attached hydrogens (tertiary/aromatic N) is 3. The van der Waals surface area contributed by atoms with Crippen molar-refractivity contribution in [2.24, 2.45) is 7.05 Å². The molecular formula is C37H34Cl4N3O4+. The number of fused-ring (bicyclic) bond motifs is 6. The standard InChI is InChI=1S/C37H33Cl4N3O4/c1-7-43-11-9-10-18-12-20-23(14-22(18)43)42(6)35(45)29-26(27-28(36(46)47)31(39)33(41)32(40)30(27)38)21-13-19-17(3)16-37(4,5)44(8-2)24(19)15-25(21)48-34(20)29/h12-16H,7-11H2,1-6H3/p+1. The molecule has 0 bridgehead atoms. The molecule has 0 unspecified atom stereocenters. The van der Waals surface area contributed by atoms with Gasteiger partial charge in [0.1, 0.15) is 18.2 Å². The molecule has 4 aliphatic rings. The van der Waals surface area contributed by atoms with Crippen molar-refractivity contribution in [3.8, 4) is 22.5 Å². The lowest BCUT2D eigenvalue weighted by Crippen LogP contribution is -2.48. The summed E-state index contributed by atoms with van der Waals surface area (Å²) in [4.78, 5) is 32.2. The number of halogens is 4. The Morgan fingerprint density at radius 2 is 1.65 bits per heavy atom. The molecule has 3 aromatic carbocycles. The first kappa shape index (κ1) is 33.0. The van der Waals surface area contributed by atoms with Crippen molar-refractivity contribution < 1.29 is 18.9 Å². The van der Waals surface area contributed by atoms with Crippen LogP contribution in [0.4, 0.5) is 11.4 Å². The van der Waals surface area contributed by atoms with Crippen LogP contribution in [0.15, 0.2) is 39.6 Å². The monoisotopic (exact) mass is 724 g/mol. The van der Waals surface area contributed by atoms with Gasteiger partial charge in [0.15, 0.2) is 5.76 Å². The maximum atomic E-state index is 14.7. The summed E-state index contributed by atoms with van der Waals surface area (Å²) in [6.07, 6.45) is 4.08. The Hall–Kier alpha value is -3.49. The quantitative estimate of drug-likeness (QED) is 0.0654. The van der Waals surface area contributed by atoms with Gasteiger partial charge in [0, 0.05) is 65.2 Å². The number of aromatic carboxylic acids is 1. The number of benzene rings is 3. The van der Waals surface area contributed by atoms with Gasteiger partial charge in [-0.05, 0) is 70.7 Å². The number of pyridine rings is 1. The second kappa shape index (κ2) is 11.5. The van der Waals surface area contributed by atoms with Crippen molar-refractivity contribution in [2.45, 2.75) is 53.0 Å². The van der Waals surface area contributed by atoms with Gasteiger partial charge >= 0.3 is 11.5 Å². The molecule has 7 rings (SSSR count). The Balaban J connectivity index is 1.75. The van der Waals surface area contributed by atoms with Crippen LogP contribution in [0.1, 0.15) is 62.5 Å².